The number of halogens is 1. The van der Waals surface area contributed by atoms with Gasteiger partial charge in [-0.15, -0.1) is 0 Å². The average Bonchev–Trinajstić information content (AvgIpc) is 2.41. The number of benzene rings is 1. The van der Waals surface area contributed by atoms with Crippen LogP contribution in [-0.4, -0.2) is 30.4 Å². The third-order valence-electron chi connectivity index (χ3n) is 3.67. The molecule has 0 amide bonds. The molecule has 0 bridgehead atoms. The van der Waals surface area contributed by atoms with Crippen LogP contribution in [0, 0.1) is 21.8 Å². The Morgan fingerprint density at radius 3 is 2.76 bits per heavy atom. The average molecular weight is 317 g/mol. The number of nitro benzene ring substituents is 1. The standard InChI is InChI=1S/C12H16FN3O4S/c1-8-3-2-6-15(12(8)14)21(19,20)11-7-9(16(17)18)4-5-10(11)13/h4-5,7-8,12H,2-3,6,14H2,1H3. The number of nitrogens with two attached hydrogens (primary N) is 1. The molecule has 21 heavy (non-hydrogen) atoms. The molecule has 9 heteroatoms. The van der Waals surface area contributed by atoms with E-state index in [1.54, 1.807) is 0 Å². The van der Waals surface area contributed by atoms with E-state index in [4.69, 9.17) is 5.73 Å². The van der Waals surface area contributed by atoms with Crippen LogP contribution >= 0.6 is 0 Å². The number of nitrogens with zero attached hydrogens (tertiary/aromatic N) is 2. The van der Waals surface area contributed by atoms with E-state index in [2.05, 4.69) is 0 Å². The van der Waals surface area contributed by atoms with Crippen LogP contribution in [0.2, 0.25) is 0 Å². The SMILES string of the molecule is CC1CCCN(S(=O)(=O)c2cc([N+](=O)[O-])ccc2F)C1N. The van der Waals surface area contributed by atoms with Gasteiger partial charge in [-0.05, 0) is 24.8 Å². The predicted octanol–water partition coefficient (Wildman–Crippen LogP) is 1.44. The molecule has 2 rings (SSSR count). The summed E-state index contributed by atoms with van der Waals surface area (Å²) in [6.07, 6.45) is 0.636. The first-order valence-corrected chi connectivity index (χ1v) is 7.90. The van der Waals surface area contributed by atoms with Gasteiger partial charge in [-0.1, -0.05) is 6.92 Å². The smallest absolute Gasteiger partial charge is 0.270 e. The lowest BCUT2D eigenvalue weighted by molar-refractivity contribution is -0.385. The quantitative estimate of drug-likeness (QED) is 0.670. The van der Waals surface area contributed by atoms with Gasteiger partial charge in [0.2, 0.25) is 10.0 Å². The maximum Gasteiger partial charge on any atom is 0.270 e. The molecule has 0 spiro atoms. The van der Waals surface area contributed by atoms with Crippen molar-refractivity contribution in [3.63, 3.8) is 0 Å². The van der Waals surface area contributed by atoms with Crippen LogP contribution < -0.4 is 5.73 Å². The topological polar surface area (TPSA) is 107 Å². The predicted molar refractivity (Wildman–Crippen MR) is 73.3 cm³/mol. The fraction of sp³-hybridized carbons (Fsp3) is 0.500. The highest BCUT2D eigenvalue weighted by Crippen LogP contribution is 2.29. The number of hydrogen-bond donors (Lipinski definition) is 1. The molecule has 1 fully saturated rings. The Labute approximate surface area is 121 Å². The Hall–Kier alpha value is -1.58. The Bertz CT molecular complexity index is 664. The first kappa shape index (κ1) is 15.8. The van der Waals surface area contributed by atoms with E-state index in [0.717, 1.165) is 28.9 Å². The van der Waals surface area contributed by atoms with Gasteiger partial charge in [0, 0.05) is 18.7 Å². The van der Waals surface area contributed by atoms with Gasteiger partial charge in [0.15, 0.2) is 0 Å². The molecule has 0 aliphatic carbocycles. The summed E-state index contributed by atoms with van der Waals surface area (Å²) in [5, 5.41) is 10.7. The summed E-state index contributed by atoms with van der Waals surface area (Å²) in [7, 11) is -4.20. The van der Waals surface area contributed by atoms with Crippen molar-refractivity contribution in [2.24, 2.45) is 11.7 Å². The molecule has 2 N–H and O–H groups in total. The summed E-state index contributed by atoms with van der Waals surface area (Å²) in [5.74, 6) is -1.08. The van der Waals surface area contributed by atoms with Crippen molar-refractivity contribution < 1.29 is 17.7 Å². The van der Waals surface area contributed by atoms with E-state index < -0.39 is 37.5 Å². The fourth-order valence-electron chi connectivity index (χ4n) is 2.38. The molecule has 1 aliphatic rings. The Morgan fingerprint density at radius 1 is 1.48 bits per heavy atom. The highest BCUT2D eigenvalue weighted by molar-refractivity contribution is 7.89. The molecule has 0 radical (unpaired) electrons. The number of rotatable bonds is 3. The molecular formula is C12H16FN3O4S. The van der Waals surface area contributed by atoms with Crippen LogP contribution in [0.15, 0.2) is 23.1 Å². The molecule has 1 heterocycles. The number of non-ortho nitro benzene ring substituents is 1. The second kappa shape index (κ2) is 5.66. The third-order valence-corrected chi connectivity index (χ3v) is 5.58. The normalized spacial score (nSPS) is 24.0. The third kappa shape index (κ3) is 2.89. The molecule has 2 unspecified atom stereocenters. The molecule has 1 aromatic rings. The fourth-order valence-corrected chi connectivity index (χ4v) is 4.12. The van der Waals surface area contributed by atoms with Crippen molar-refractivity contribution in [3.05, 3.63) is 34.1 Å². The second-order valence-corrected chi connectivity index (χ2v) is 6.96. The Kier molecular flexibility index (Phi) is 4.26. The van der Waals surface area contributed by atoms with E-state index >= 15 is 0 Å². The van der Waals surface area contributed by atoms with E-state index in [9.17, 15) is 22.9 Å². The number of piperidine rings is 1. The van der Waals surface area contributed by atoms with E-state index in [-0.39, 0.29) is 12.5 Å². The summed E-state index contributed by atoms with van der Waals surface area (Å²) in [4.78, 5) is 9.26. The van der Waals surface area contributed by atoms with Gasteiger partial charge in [0.1, 0.15) is 10.7 Å². The van der Waals surface area contributed by atoms with Crippen molar-refractivity contribution in [2.75, 3.05) is 6.54 Å². The van der Waals surface area contributed by atoms with Crippen LogP contribution in [0.1, 0.15) is 19.8 Å². The summed E-state index contributed by atoms with van der Waals surface area (Å²) >= 11 is 0. The summed E-state index contributed by atoms with van der Waals surface area (Å²) in [5.41, 5.74) is 5.41. The molecule has 2 atom stereocenters. The molecule has 7 nitrogen and oxygen atoms in total. The first-order chi connectivity index (χ1) is 9.75. The lowest BCUT2D eigenvalue weighted by Gasteiger charge is -2.36. The van der Waals surface area contributed by atoms with Crippen LogP contribution in [0.3, 0.4) is 0 Å². The van der Waals surface area contributed by atoms with Crippen LogP contribution in [0.5, 0.6) is 0 Å². The van der Waals surface area contributed by atoms with Gasteiger partial charge in [-0.2, -0.15) is 4.31 Å². The van der Waals surface area contributed by atoms with E-state index in [1.165, 1.54) is 0 Å². The summed E-state index contributed by atoms with van der Waals surface area (Å²) < 4.78 is 39.9. The lowest BCUT2D eigenvalue weighted by Crippen LogP contribution is -2.52. The molecule has 116 valence electrons. The molecule has 1 saturated heterocycles. The van der Waals surface area contributed by atoms with Crippen LogP contribution in [0.25, 0.3) is 0 Å². The van der Waals surface area contributed by atoms with Gasteiger partial charge >= 0.3 is 0 Å². The van der Waals surface area contributed by atoms with Gasteiger partial charge in [0.05, 0.1) is 11.1 Å². The monoisotopic (exact) mass is 317 g/mol. The van der Waals surface area contributed by atoms with E-state index in [0.29, 0.717) is 6.42 Å². The molecule has 1 aromatic carbocycles. The van der Waals surface area contributed by atoms with Crippen LogP contribution in [-0.2, 0) is 10.0 Å². The zero-order valence-electron chi connectivity index (χ0n) is 11.4. The molecular weight excluding hydrogens is 301 g/mol. The molecule has 1 aliphatic heterocycles. The minimum atomic E-state index is -4.20. The maximum atomic E-state index is 13.8. The zero-order valence-corrected chi connectivity index (χ0v) is 12.2. The second-order valence-electron chi connectivity index (χ2n) is 5.10. The van der Waals surface area contributed by atoms with Gasteiger partial charge < -0.3 is 5.73 Å². The minimum Gasteiger partial charge on any atom is -0.315 e. The van der Waals surface area contributed by atoms with Crippen molar-refractivity contribution in [1.29, 1.82) is 0 Å². The highest BCUT2D eigenvalue weighted by atomic mass is 32.2. The maximum absolute atomic E-state index is 13.8. The molecule has 0 saturated carbocycles. The zero-order chi connectivity index (χ0) is 15.8. The Balaban J connectivity index is 2.48. The lowest BCUT2D eigenvalue weighted by atomic mass is 9.99. The summed E-state index contributed by atoms with van der Waals surface area (Å²) in [6, 6.07) is 2.44. The first-order valence-electron chi connectivity index (χ1n) is 6.46. The largest absolute Gasteiger partial charge is 0.315 e. The number of nitro groups is 1. The Morgan fingerprint density at radius 2 is 2.14 bits per heavy atom. The van der Waals surface area contributed by atoms with E-state index in [1.807, 2.05) is 6.92 Å². The van der Waals surface area contributed by atoms with Crippen molar-refractivity contribution >= 4 is 15.7 Å². The van der Waals surface area contributed by atoms with Crippen molar-refractivity contribution in [2.45, 2.75) is 30.8 Å². The van der Waals surface area contributed by atoms with Gasteiger partial charge in [-0.3, -0.25) is 10.1 Å². The van der Waals surface area contributed by atoms with Crippen LogP contribution in [0.4, 0.5) is 10.1 Å². The molecule has 0 aromatic heterocycles. The highest BCUT2D eigenvalue weighted by Gasteiger charge is 2.37. The van der Waals surface area contributed by atoms with Gasteiger partial charge in [0.25, 0.3) is 5.69 Å². The number of sulfonamides is 1. The number of hydrogen-bond acceptors (Lipinski definition) is 5. The van der Waals surface area contributed by atoms with Gasteiger partial charge in [-0.25, -0.2) is 12.8 Å². The van der Waals surface area contributed by atoms with Crippen molar-refractivity contribution in [3.8, 4) is 0 Å². The minimum absolute atomic E-state index is 0.0599. The summed E-state index contributed by atoms with van der Waals surface area (Å²) in [6.45, 7) is 1.99. The van der Waals surface area contributed by atoms with Crippen molar-refractivity contribution in [1.82, 2.24) is 4.31 Å².